The normalized spacial score (nSPS) is 22.1. The monoisotopic (exact) mass is 734 g/mol. The second-order valence-corrected chi connectivity index (χ2v) is 14.4. The van der Waals surface area contributed by atoms with E-state index >= 15 is 4.79 Å². The SMILES string of the molecule is CCC1=C2CC[C@H]3C(=O)N(c4ccccc4)C(=O)[C@H]3[C@H]2[C@@](Cc2ccccc2)(C(=O)NCCc2c[nH]c3ccccc23)N(C(=O)NCc2ccccn2)C1=O. The van der Waals surface area contributed by atoms with Crippen molar-refractivity contribution < 1.29 is 24.0 Å². The highest BCUT2D eigenvalue weighted by molar-refractivity contribution is 6.23. The number of urea groups is 1. The Morgan fingerprint density at radius 3 is 2.35 bits per heavy atom. The zero-order valence-electron chi connectivity index (χ0n) is 30.5. The van der Waals surface area contributed by atoms with E-state index in [1.54, 1.807) is 48.7 Å². The number of aromatic amines is 1. The molecule has 2 fully saturated rings. The van der Waals surface area contributed by atoms with Gasteiger partial charge in [0.25, 0.3) is 5.91 Å². The molecule has 4 atom stereocenters. The van der Waals surface area contributed by atoms with Gasteiger partial charge in [0.15, 0.2) is 0 Å². The number of carbonyl (C=O) groups is 5. The van der Waals surface area contributed by atoms with Crippen LogP contribution in [0, 0.1) is 17.8 Å². The van der Waals surface area contributed by atoms with E-state index < -0.39 is 47.0 Å². The van der Waals surface area contributed by atoms with E-state index in [0.717, 1.165) is 21.4 Å². The van der Waals surface area contributed by atoms with Crippen LogP contribution in [-0.2, 0) is 38.6 Å². The number of H-pyrrole nitrogens is 1. The molecule has 11 nitrogen and oxygen atoms in total. The fourth-order valence-corrected chi connectivity index (χ4v) is 9.08. The van der Waals surface area contributed by atoms with Crippen molar-refractivity contribution in [3.05, 3.63) is 143 Å². The molecular formula is C44H42N6O5. The van der Waals surface area contributed by atoms with Crippen LogP contribution >= 0.6 is 0 Å². The van der Waals surface area contributed by atoms with Crippen molar-refractivity contribution in [1.29, 1.82) is 0 Å². The number of nitrogens with zero attached hydrogens (tertiary/aromatic N) is 3. The molecule has 4 heterocycles. The van der Waals surface area contributed by atoms with Gasteiger partial charge in [-0.25, -0.2) is 9.69 Å². The van der Waals surface area contributed by atoms with Crippen molar-refractivity contribution in [3.8, 4) is 0 Å². The second-order valence-electron chi connectivity index (χ2n) is 14.4. The van der Waals surface area contributed by atoms with Crippen molar-refractivity contribution in [1.82, 2.24) is 25.5 Å². The van der Waals surface area contributed by atoms with Crippen molar-refractivity contribution in [2.45, 2.75) is 51.1 Å². The van der Waals surface area contributed by atoms with Crippen LogP contribution in [0.4, 0.5) is 10.5 Å². The first-order valence-corrected chi connectivity index (χ1v) is 18.9. The molecule has 8 rings (SSSR count). The summed E-state index contributed by atoms with van der Waals surface area (Å²) in [5.41, 5.74) is 2.82. The van der Waals surface area contributed by atoms with Gasteiger partial charge in [-0.05, 0) is 67.1 Å². The van der Waals surface area contributed by atoms with Gasteiger partial charge in [0.1, 0.15) is 5.54 Å². The number of anilines is 1. The molecule has 0 radical (unpaired) electrons. The van der Waals surface area contributed by atoms with Crippen molar-refractivity contribution in [3.63, 3.8) is 0 Å². The van der Waals surface area contributed by atoms with Crippen LogP contribution in [0.2, 0.25) is 0 Å². The number of rotatable bonds is 10. The maximum absolute atomic E-state index is 15.5. The summed E-state index contributed by atoms with van der Waals surface area (Å²) in [7, 11) is 0. The zero-order valence-corrected chi connectivity index (χ0v) is 30.5. The topological polar surface area (TPSA) is 145 Å². The fraction of sp³-hybridized carbons (Fsp3) is 0.273. The third-order valence-electron chi connectivity index (χ3n) is 11.5. The lowest BCUT2D eigenvalue weighted by atomic mass is 9.57. The van der Waals surface area contributed by atoms with E-state index in [1.807, 2.05) is 73.8 Å². The van der Waals surface area contributed by atoms with Crippen molar-refractivity contribution in [2.24, 2.45) is 17.8 Å². The Bertz CT molecular complexity index is 2310. The Morgan fingerprint density at radius 1 is 0.873 bits per heavy atom. The number of carbonyl (C=O) groups excluding carboxylic acids is 5. The van der Waals surface area contributed by atoms with Gasteiger partial charge in [-0.3, -0.25) is 29.1 Å². The van der Waals surface area contributed by atoms with Crippen molar-refractivity contribution >= 4 is 46.3 Å². The van der Waals surface area contributed by atoms with Crippen LogP contribution < -0.4 is 15.5 Å². The van der Waals surface area contributed by atoms with Gasteiger partial charge in [-0.15, -0.1) is 0 Å². The minimum Gasteiger partial charge on any atom is -0.361 e. The van der Waals surface area contributed by atoms with Gasteiger partial charge in [-0.1, -0.05) is 85.3 Å². The first kappa shape index (κ1) is 35.7. The van der Waals surface area contributed by atoms with Crippen LogP contribution in [-0.4, -0.2) is 56.6 Å². The molecule has 11 heteroatoms. The lowest BCUT2D eigenvalue weighted by molar-refractivity contribution is -0.151. The van der Waals surface area contributed by atoms with Gasteiger partial charge in [0, 0.05) is 47.8 Å². The molecule has 3 aliphatic rings. The lowest BCUT2D eigenvalue weighted by Crippen LogP contribution is -2.73. The quantitative estimate of drug-likeness (QED) is 0.153. The molecular weight excluding hydrogens is 693 g/mol. The van der Waals surface area contributed by atoms with Gasteiger partial charge in [0.2, 0.25) is 17.7 Å². The third-order valence-corrected chi connectivity index (χ3v) is 11.5. The maximum atomic E-state index is 15.5. The Kier molecular flexibility index (Phi) is 9.60. The largest absolute Gasteiger partial charge is 0.361 e. The smallest absolute Gasteiger partial charge is 0.325 e. The number of pyridine rings is 1. The summed E-state index contributed by atoms with van der Waals surface area (Å²) in [5.74, 6) is -4.64. The summed E-state index contributed by atoms with van der Waals surface area (Å²) in [6.45, 7) is 2.04. The van der Waals surface area contributed by atoms with Crippen LogP contribution in [0.1, 0.15) is 43.0 Å². The first-order valence-electron chi connectivity index (χ1n) is 18.9. The number of hydrogen-bond acceptors (Lipinski definition) is 6. The van der Waals surface area contributed by atoms with Gasteiger partial charge in [-0.2, -0.15) is 0 Å². The molecule has 1 saturated carbocycles. The molecule has 2 aliphatic heterocycles. The third kappa shape index (κ3) is 6.19. The predicted octanol–water partition coefficient (Wildman–Crippen LogP) is 5.88. The Balaban J connectivity index is 1.27. The fourth-order valence-electron chi connectivity index (χ4n) is 9.08. The summed E-state index contributed by atoms with van der Waals surface area (Å²) in [6, 6.07) is 30.5. The Morgan fingerprint density at radius 2 is 1.60 bits per heavy atom. The number of nitrogens with one attached hydrogen (secondary N) is 3. The number of imide groups is 2. The average Bonchev–Trinajstić information content (AvgIpc) is 3.74. The summed E-state index contributed by atoms with van der Waals surface area (Å²) >= 11 is 0. The van der Waals surface area contributed by atoms with Crippen LogP contribution in [0.3, 0.4) is 0 Å². The van der Waals surface area contributed by atoms with Gasteiger partial charge >= 0.3 is 6.03 Å². The molecule has 0 bridgehead atoms. The molecule has 3 aromatic carbocycles. The highest BCUT2D eigenvalue weighted by Gasteiger charge is 2.67. The number of hydrogen-bond donors (Lipinski definition) is 3. The predicted molar refractivity (Wildman–Crippen MR) is 207 cm³/mol. The highest BCUT2D eigenvalue weighted by Crippen LogP contribution is 2.55. The molecule has 1 saturated heterocycles. The molecule has 2 aromatic heterocycles. The summed E-state index contributed by atoms with van der Waals surface area (Å²) in [5, 5.41) is 7.05. The van der Waals surface area contributed by atoms with E-state index in [0.29, 0.717) is 47.4 Å². The maximum Gasteiger partial charge on any atom is 0.325 e. The minimum absolute atomic E-state index is 0.000997. The van der Waals surface area contributed by atoms with E-state index in [-0.39, 0.29) is 31.8 Å². The van der Waals surface area contributed by atoms with Crippen LogP contribution in [0.25, 0.3) is 10.9 Å². The highest BCUT2D eigenvalue weighted by atomic mass is 16.2. The molecule has 0 spiro atoms. The molecule has 278 valence electrons. The number of aromatic nitrogens is 2. The van der Waals surface area contributed by atoms with Gasteiger partial charge in [0.05, 0.1) is 29.8 Å². The summed E-state index contributed by atoms with van der Waals surface area (Å²) in [4.78, 5) is 84.3. The average molecular weight is 735 g/mol. The number of benzene rings is 3. The summed E-state index contributed by atoms with van der Waals surface area (Å²) < 4.78 is 0. The molecule has 55 heavy (non-hydrogen) atoms. The van der Waals surface area contributed by atoms with E-state index in [1.165, 1.54) is 4.90 Å². The van der Waals surface area contributed by atoms with E-state index in [4.69, 9.17) is 0 Å². The molecule has 0 unspecified atom stereocenters. The first-order chi connectivity index (χ1) is 26.8. The van der Waals surface area contributed by atoms with Crippen molar-refractivity contribution in [2.75, 3.05) is 11.4 Å². The Labute approximate surface area is 318 Å². The number of fused-ring (bicyclic) bond motifs is 4. The molecule has 5 aromatic rings. The van der Waals surface area contributed by atoms with Crippen LogP contribution in [0.5, 0.6) is 0 Å². The number of amides is 6. The zero-order chi connectivity index (χ0) is 38.1. The number of para-hydroxylation sites is 2. The summed E-state index contributed by atoms with van der Waals surface area (Å²) in [6.07, 6.45) is 4.88. The lowest BCUT2D eigenvalue weighted by Gasteiger charge is -2.54. The standard InChI is InChI=1S/C44H42N6O5/c1-2-32-34-20-21-35-37(41(53)49(39(35)51)31-16-7-4-8-17-31)38(34)44(25-28-13-5-3-6-14-28,50(40(32)52)43(55)48-27-30-15-11-12-23-45-30)42(54)46-24-22-29-26-47-36-19-10-9-18-33(29)36/h3-19,23,26,35,37-38,47H,2,20-22,24-25,27H2,1H3,(H,46,54)(H,48,55)/t35-,37-,38+,44+/m1/s1. The van der Waals surface area contributed by atoms with E-state index in [2.05, 4.69) is 20.6 Å². The Hall–Kier alpha value is -6.36. The molecule has 6 amide bonds. The molecule has 1 aliphatic carbocycles. The minimum atomic E-state index is -1.92. The van der Waals surface area contributed by atoms with Crippen LogP contribution in [0.15, 0.2) is 127 Å². The van der Waals surface area contributed by atoms with Gasteiger partial charge < -0.3 is 15.6 Å². The second kappa shape index (κ2) is 14.8. The molecule has 3 N–H and O–H groups in total. The van der Waals surface area contributed by atoms with E-state index in [9.17, 15) is 19.2 Å².